The van der Waals surface area contributed by atoms with E-state index in [-0.39, 0.29) is 6.04 Å². The van der Waals surface area contributed by atoms with E-state index in [1.165, 1.54) is 0 Å². The molecule has 1 aromatic carbocycles. The van der Waals surface area contributed by atoms with Gasteiger partial charge in [-0.1, -0.05) is 23.7 Å². The Morgan fingerprint density at radius 1 is 1.42 bits per heavy atom. The van der Waals surface area contributed by atoms with Crippen molar-refractivity contribution in [3.05, 3.63) is 51.8 Å². The lowest BCUT2D eigenvalue weighted by molar-refractivity contribution is 0.546. The van der Waals surface area contributed by atoms with Gasteiger partial charge < -0.3 is 0 Å². The predicted molar refractivity (Wildman–Crippen MR) is 77.9 cm³/mol. The number of hydrazine groups is 1. The maximum absolute atomic E-state index is 6.02. The van der Waals surface area contributed by atoms with Gasteiger partial charge in [0.05, 0.1) is 11.7 Å². The molecule has 0 spiro atoms. The largest absolute Gasteiger partial charge is 0.272 e. The molecule has 1 heterocycles. The standard InChI is InChI=1S/C14H19ClN4/c1-9-14(10(2)19(3)18-9)13(17-16)8-11-5-4-6-12(15)7-11/h4-7,13,17H,8,16H2,1-3H3. The molecular weight excluding hydrogens is 260 g/mol. The minimum absolute atomic E-state index is 0.0344. The van der Waals surface area contributed by atoms with E-state index >= 15 is 0 Å². The Morgan fingerprint density at radius 2 is 2.16 bits per heavy atom. The molecule has 0 bridgehead atoms. The van der Waals surface area contributed by atoms with E-state index in [1.807, 2.05) is 36.9 Å². The maximum atomic E-state index is 6.02. The van der Waals surface area contributed by atoms with Gasteiger partial charge in [0.2, 0.25) is 0 Å². The first-order valence-corrected chi connectivity index (χ1v) is 6.61. The molecule has 4 nitrogen and oxygen atoms in total. The molecule has 0 amide bonds. The number of nitrogens with one attached hydrogen (secondary N) is 1. The van der Waals surface area contributed by atoms with Crippen molar-refractivity contribution in [1.29, 1.82) is 0 Å². The van der Waals surface area contributed by atoms with Gasteiger partial charge in [0, 0.05) is 23.3 Å². The third-order valence-electron chi connectivity index (χ3n) is 3.44. The lowest BCUT2D eigenvalue weighted by atomic mass is 9.98. The number of benzene rings is 1. The lowest BCUT2D eigenvalue weighted by Gasteiger charge is -2.17. The first-order valence-electron chi connectivity index (χ1n) is 6.23. The van der Waals surface area contributed by atoms with Crippen LogP contribution in [0.25, 0.3) is 0 Å². The highest BCUT2D eigenvalue weighted by Crippen LogP contribution is 2.24. The van der Waals surface area contributed by atoms with Crippen LogP contribution in [0.5, 0.6) is 0 Å². The minimum atomic E-state index is 0.0344. The fraction of sp³-hybridized carbons (Fsp3) is 0.357. The highest BCUT2D eigenvalue weighted by molar-refractivity contribution is 6.30. The van der Waals surface area contributed by atoms with Crippen molar-refractivity contribution in [2.75, 3.05) is 0 Å². The van der Waals surface area contributed by atoms with Crippen LogP contribution in [0.1, 0.15) is 28.6 Å². The molecule has 2 rings (SSSR count). The van der Waals surface area contributed by atoms with E-state index in [1.54, 1.807) is 0 Å². The van der Waals surface area contributed by atoms with Crippen molar-refractivity contribution in [2.24, 2.45) is 12.9 Å². The lowest BCUT2D eigenvalue weighted by Crippen LogP contribution is -2.30. The summed E-state index contributed by atoms with van der Waals surface area (Å²) in [5.41, 5.74) is 7.33. The SMILES string of the molecule is Cc1nn(C)c(C)c1C(Cc1cccc(Cl)c1)NN. The van der Waals surface area contributed by atoms with E-state index in [9.17, 15) is 0 Å². The minimum Gasteiger partial charge on any atom is -0.272 e. The van der Waals surface area contributed by atoms with Crippen LogP contribution in [-0.2, 0) is 13.5 Å². The van der Waals surface area contributed by atoms with Gasteiger partial charge in [0.25, 0.3) is 0 Å². The second-order valence-corrected chi connectivity index (χ2v) is 5.20. The van der Waals surface area contributed by atoms with Crippen LogP contribution in [-0.4, -0.2) is 9.78 Å². The summed E-state index contributed by atoms with van der Waals surface area (Å²) in [6.07, 6.45) is 0.782. The first kappa shape index (κ1) is 14.1. The van der Waals surface area contributed by atoms with E-state index in [0.29, 0.717) is 0 Å². The molecule has 0 aliphatic carbocycles. The zero-order valence-electron chi connectivity index (χ0n) is 11.4. The molecule has 0 saturated heterocycles. The molecule has 0 fully saturated rings. The third kappa shape index (κ3) is 2.97. The quantitative estimate of drug-likeness (QED) is 0.667. The summed E-state index contributed by atoms with van der Waals surface area (Å²) < 4.78 is 1.88. The van der Waals surface area contributed by atoms with Gasteiger partial charge in [0.15, 0.2) is 0 Å². The van der Waals surface area contributed by atoms with Gasteiger partial charge in [-0.05, 0) is 38.0 Å². The summed E-state index contributed by atoms with van der Waals surface area (Å²) in [5, 5.41) is 5.18. The number of aryl methyl sites for hydroxylation is 2. The highest BCUT2D eigenvalue weighted by Gasteiger charge is 2.19. The molecule has 0 saturated carbocycles. The van der Waals surface area contributed by atoms with Gasteiger partial charge in [-0.15, -0.1) is 0 Å². The Labute approximate surface area is 118 Å². The van der Waals surface area contributed by atoms with Crippen LogP contribution in [0.15, 0.2) is 24.3 Å². The summed E-state index contributed by atoms with van der Waals surface area (Å²) in [7, 11) is 1.94. The van der Waals surface area contributed by atoms with Gasteiger partial charge in [-0.3, -0.25) is 16.0 Å². The second-order valence-electron chi connectivity index (χ2n) is 4.76. The zero-order chi connectivity index (χ0) is 14.0. The van der Waals surface area contributed by atoms with Gasteiger partial charge in [-0.2, -0.15) is 5.10 Å². The molecule has 5 heteroatoms. The van der Waals surface area contributed by atoms with Crippen LogP contribution >= 0.6 is 11.6 Å². The average Bonchev–Trinajstić information content (AvgIpc) is 2.61. The van der Waals surface area contributed by atoms with Crippen LogP contribution in [0.4, 0.5) is 0 Å². The number of hydrogen-bond donors (Lipinski definition) is 2. The number of halogens is 1. The van der Waals surface area contributed by atoms with Crippen molar-refractivity contribution in [3.8, 4) is 0 Å². The molecule has 1 unspecified atom stereocenters. The third-order valence-corrected chi connectivity index (χ3v) is 3.68. The predicted octanol–water partition coefficient (Wildman–Crippen LogP) is 2.44. The maximum Gasteiger partial charge on any atom is 0.0644 e. The Balaban J connectivity index is 2.30. The zero-order valence-corrected chi connectivity index (χ0v) is 12.2. The first-order chi connectivity index (χ1) is 9.02. The van der Waals surface area contributed by atoms with Crippen molar-refractivity contribution < 1.29 is 0 Å². The fourth-order valence-electron chi connectivity index (χ4n) is 2.44. The molecule has 1 atom stereocenters. The Kier molecular flexibility index (Phi) is 4.24. The van der Waals surface area contributed by atoms with E-state index < -0.39 is 0 Å². The smallest absolute Gasteiger partial charge is 0.0644 e. The number of nitrogens with zero attached hydrogens (tertiary/aromatic N) is 2. The molecule has 0 aliphatic rings. The van der Waals surface area contributed by atoms with Crippen molar-refractivity contribution in [3.63, 3.8) is 0 Å². The molecule has 19 heavy (non-hydrogen) atoms. The number of aromatic nitrogens is 2. The molecule has 102 valence electrons. The topological polar surface area (TPSA) is 55.9 Å². The number of hydrogen-bond acceptors (Lipinski definition) is 3. The van der Waals surface area contributed by atoms with Crippen molar-refractivity contribution in [1.82, 2.24) is 15.2 Å². The van der Waals surface area contributed by atoms with Crippen LogP contribution < -0.4 is 11.3 Å². The Hall–Kier alpha value is -1.36. The van der Waals surface area contributed by atoms with Crippen molar-refractivity contribution in [2.45, 2.75) is 26.3 Å². The van der Waals surface area contributed by atoms with Crippen LogP contribution in [0, 0.1) is 13.8 Å². The summed E-state index contributed by atoms with van der Waals surface area (Å²) in [6.45, 7) is 4.06. The molecule has 2 aromatic rings. The van der Waals surface area contributed by atoms with Gasteiger partial charge in [-0.25, -0.2) is 0 Å². The van der Waals surface area contributed by atoms with Gasteiger partial charge in [0.1, 0.15) is 0 Å². The summed E-state index contributed by atoms with van der Waals surface area (Å²) in [4.78, 5) is 0. The average molecular weight is 279 g/mol. The van der Waals surface area contributed by atoms with E-state index in [4.69, 9.17) is 17.4 Å². The molecule has 1 aromatic heterocycles. The fourth-order valence-corrected chi connectivity index (χ4v) is 2.65. The summed E-state index contributed by atoms with van der Waals surface area (Å²) in [6, 6.07) is 7.88. The van der Waals surface area contributed by atoms with E-state index in [2.05, 4.69) is 23.5 Å². The molecule has 0 radical (unpaired) electrons. The van der Waals surface area contributed by atoms with Crippen LogP contribution in [0.2, 0.25) is 5.02 Å². The molecular formula is C14H19ClN4. The van der Waals surface area contributed by atoms with Crippen LogP contribution in [0.3, 0.4) is 0 Å². The van der Waals surface area contributed by atoms with Crippen molar-refractivity contribution >= 4 is 11.6 Å². The summed E-state index contributed by atoms with van der Waals surface area (Å²) in [5.74, 6) is 5.72. The Morgan fingerprint density at radius 3 is 2.68 bits per heavy atom. The monoisotopic (exact) mass is 278 g/mol. The second kappa shape index (κ2) is 5.74. The highest BCUT2D eigenvalue weighted by atomic mass is 35.5. The van der Waals surface area contributed by atoms with E-state index in [0.717, 1.165) is 34.0 Å². The number of rotatable bonds is 4. The number of nitrogens with two attached hydrogens (primary N) is 1. The summed E-state index contributed by atoms with van der Waals surface area (Å²) >= 11 is 6.02. The molecule has 3 N–H and O–H groups in total. The molecule has 0 aliphatic heterocycles. The Bertz CT molecular complexity index is 577. The normalized spacial score (nSPS) is 12.7. The van der Waals surface area contributed by atoms with Gasteiger partial charge >= 0.3 is 0 Å².